The molecule has 10 heavy (non-hydrogen) atoms. The average Bonchev–Trinajstić information content (AvgIpc) is 2.67. The van der Waals surface area contributed by atoms with Gasteiger partial charge in [-0.3, -0.25) is 0 Å². The van der Waals surface area contributed by atoms with Crippen LogP contribution in [0.2, 0.25) is 0 Å². The summed E-state index contributed by atoms with van der Waals surface area (Å²) < 4.78 is 0. The Morgan fingerprint density at radius 2 is 2.10 bits per heavy atom. The largest absolute Gasteiger partial charge is 0.162 e. The van der Waals surface area contributed by atoms with Crippen molar-refractivity contribution in [2.24, 2.45) is 0 Å². The highest BCUT2D eigenvalue weighted by Crippen LogP contribution is 2.20. The van der Waals surface area contributed by atoms with Gasteiger partial charge in [0.2, 0.25) is 0 Å². The molecule has 0 aromatic rings. The fourth-order valence-electron chi connectivity index (χ4n) is 0.833. The molecule has 2 rings (SSSR count). The SMILES string of the molecule is [CH]1CCCS1.[CH]1CCSC1. The predicted molar refractivity (Wildman–Crippen MR) is 52.2 cm³/mol. The Morgan fingerprint density at radius 1 is 1.10 bits per heavy atom. The summed E-state index contributed by atoms with van der Waals surface area (Å²) in [4.78, 5) is 0. The summed E-state index contributed by atoms with van der Waals surface area (Å²) in [6.45, 7) is 0. The second kappa shape index (κ2) is 6.41. The first-order valence-electron chi connectivity index (χ1n) is 3.83. The second-order valence-electron chi connectivity index (χ2n) is 2.33. The lowest BCUT2D eigenvalue weighted by molar-refractivity contribution is 0.993. The molecule has 0 amide bonds. The zero-order valence-electron chi connectivity index (χ0n) is 6.21. The standard InChI is InChI=1S/2C4H7S/c2*1-2-4-5-3-1/h3H,1-2,4H2;1H,2-4H2. The van der Waals surface area contributed by atoms with E-state index >= 15 is 0 Å². The molecule has 2 heteroatoms. The van der Waals surface area contributed by atoms with Crippen LogP contribution in [-0.4, -0.2) is 17.3 Å². The summed E-state index contributed by atoms with van der Waals surface area (Å²) >= 11 is 3.97. The highest BCUT2D eigenvalue weighted by Gasteiger charge is 1.96. The maximum atomic E-state index is 2.32. The first kappa shape index (κ1) is 8.79. The smallest absolute Gasteiger partial charge is 0.0166 e. The first-order valence-corrected chi connectivity index (χ1v) is 6.03. The maximum Gasteiger partial charge on any atom is 0.0166 e. The van der Waals surface area contributed by atoms with Crippen molar-refractivity contribution in [2.75, 3.05) is 17.3 Å². The van der Waals surface area contributed by atoms with Crippen molar-refractivity contribution in [1.82, 2.24) is 0 Å². The molecule has 0 aliphatic carbocycles. The molecule has 0 unspecified atom stereocenters. The van der Waals surface area contributed by atoms with Crippen LogP contribution in [0.25, 0.3) is 0 Å². The third-order valence-electron chi connectivity index (χ3n) is 1.40. The van der Waals surface area contributed by atoms with E-state index < -0.39 is 0 Å². The monoisotopic (exact) mass is 174 g/mol. The van der Waals surface area contributed by atoms with E-state index in [1.165, 1.54) is 36.5 Å². The van der Waals surface area contributed by atoms with Gasteiger partial charge in [0.05, 0.1) is 0 Å². The molecule has 2 saturated heterocycles. The third-order valence-corrected chi connectivity index (χ3v) is 3.40. The van der Waals surface area contributed by atoms with Gasteiger partial charge < -0.3 is 0 Å². The Balaban J connectivity index is 0.0000001000. The van der Waals surface area contributed by atoms with E-state index in [4.69, 9.17) is 0 Å². The van der Waals surface area contributed by atoms with Crippen molar-refractivity contribution in [2.45, 2.75) is 19.3 Å². The van der Waals surface area contributed by atoms with E-state index in [-0.39, 0.29) is 0 Å². The Kier molecular flexibility index (Phi) is 5.64. The molecular weight excluding hydrogens is 160 g/mol. The van der Waals surface area contributed by atoms with Crippen LogP contribution in [-0.2, 0) is 0 Å². The fourth-order valence-corrected chi connectivity index (χ4v) is 2.50. The molecule has 2 aliphatic heterocycles. The molecule has 0 atom stereocenters. The van der Waals surface area contributed by atoms with Crippen LogP contribution in [0.5, 0.6) is 0 Å². The Hall–Kier alpha value is 0.700. The normalized spacial score (nSPS) is 24.0. The summed E-state index contributed by atoms with van der Waals surface area (Å²) in [5, 5.41) is 0. The summed E-state index contributed by atoms with van der Waals surface area (Å²) in [6, 6.07) is 0. The molecule has 0 nitrogen and oxygen atoms in total. The van der Waals surface area contributed by atoms with Crippen molar-refractivity contribution < 1.29 is 0 Å². The van der Waals surface area contributed by atoms with Gasteiger partial charge in [-0.25, -0.2) is 0 Å². The minimum Gasteiger partial charge on any atom is -0.162 e. The molecule has 0 aromatic carbocycles. The van der Waals surface area contributed by atoms with Crippen molar-refractivity contribution in [1.29, 1.82) is 0 Å². The van der Waals surface area contributed by atoms with E-state index in [1.807, 2.05) is 23.5 Å². The predicted octanol–water partition coefficient (Wildman–Crippen LogP) is 3.00. The van der Waals surface area contributed by atoms with Gasteiger partial charge in [0.1, 0.15) is 0 Å². The zero-order valence-corrected chi connectivity index (χ0v) is 7.85. The fraction of sp³-hybridized carbons (Fsp3) is 0.750. The average molecular weight is 174 g/mol. The van der Waals surface area contributed by atoms with Crippen LogP contribution in [0.15, 0.2) is 0 Å². The van der Waals surface area contributed by atoms with Gasteiger partial charge in [-0.2, -0.15) is 23.5 Å². The van der Waals surface area contributed by atoms with Crippen LogP contribution in [0.4, 0.5) is 0 Å². The van der Waals surface area contributed by atoms with E-state index in [2.05, 4.69) is 12.2 Å². The number of hydrogen-bond acceptors (Lipinski definition) is 2. The van der Waals surface area contributed by atoms with Gasteiger partial charge >= 0.3 is 0 Å². The Labute approximate surface area is 72.5 Å². The van der Waals surface area contributed by atoms with Crippen LogP contribution in [0, 0.1) is 12.2 Å². The molecule has 0 saturated carbocycles. The molecule has 0 aromatic heterocycles. The van der Waals surface area contributed by atoms with E-state index in [0.717, 1.165) is 0 Å². The second-order valence-corrected chi connectivity index (χ2v) is 4.56. The van der Waals surface area contributed by atoms with Crippen molar-refractivity contribution in [3.05, 3.63) is 12.2 Å². The minimum absolute atomic E-state index is 1.29. The number of rotatable bonds is 0. The molecule has 2 aliphatic rings. The Bertz CT molecular complexity index is 40.4. The maximum absolute atomic E-state index is 2.32. The van der Waals surface area contributed by atoms with Gasteiger partial charge in [-0.15, -0.1) is 0 Å². The topological polar surface area (TPSA) is 0 Å². The van der Waals surface area contributed by atoms with Gasteiger partial charge in [-0.05, 0) is 42.9 Å². The lowest BCUT2D eigenvalue weighted by atomic mass is 10.4. The molecular formula is C8H14S2. The minimum atomic E-state index is 1.29. The molecule has 0 N–H and O–H groups in total. The van der Waals surface area contributed by atoms with Crippen LogP contribution >= 0.6 is 23.5 Å². The number of hydrogen-bond donors (Lipinski definition) is 0. The Morgan fingerprint density at radius 3 is 2.30 bits per heavy atom. The third kappa shape index (κ3) is 4.51. The van der Waals surface area contributed by atoms with Crippen LogP contribution in [0.3, 0.4) is 0 Å². The quantitative estimate of drug-likeness (QED) is 0.554. The van der Waals surface area contributed by atoms with E-state index in [1.54, 1.807) is 0 Å². The summed E-state index contributed by atoms with van der Waals surface area (Å²) in [7, 11) is 0. The highest BCUT2D eigenvalue weighted by atomic mass is 32.2. The number of thioether (sulfide) groups is 2. The van der Waals surface area contributed by atoms with E-state index in [9.17, 15) is 0 Å². The first-order chi connectivity index (χ1) is 5.00. The molecule has 2 fully saturated rings. The van der Waals surface area contributed by atoms with Gasteiger partial charge in [-0.1, -0.05) is 0 Å². The highest BCUT2D eigenvalue weighted by molar-refractivity contribution is 8.01. The van der Waals surface area contributed by atoms with E-state index in [0.29, 0.717) is 0 Å². The van der Waals surface area contributed by atoms with Gasteiger partial charge in [0.25, 0.3) is 0 Å². The molecule has 2 radical (unpaired) electrons. The summed E-state index contributed by atoms with van der Waals surface area (Å²) in [6.07, 6.45) is 6.41. The molecule has 0 spiro atoms. The lowest BCUT2D eigenvalue weighted by Gasteiger charge is -1.69. The van der Waals surface area contributed by atoms with Crippen LogP contribution in [0.1, 0.15) is 19.3 Å². The zero-order chi connectivity index (χ0) is 7.07. The molecule has 0 bridgehead atoms. The van der Waals surface area contributed by atoms with Gasteiger partial charge in [0, 0.05) is 5.75 Å². The summed E-state index contributed by atoms with van der Waals surface area (Å²) in [5.41, 5.74) is 0. The molecule has 58 valence electrons. The lowest BCUT2D eigenvalue weighted by Crippen LogP contribution is -1.60. The summed E-state index contributed by atoms with van der Waals surface area (Å²) in [5.74, 6) is 6.29. The van der Waals surface area contributed by atoms with Crippen molar-refractivity contribution in [3.63, 3.8) is 0 Å². The van der Waals surface area contributed by atoms with Gasteiger partial charge in [0.15, 0.2) is 0 Å². The molecule has 2 heterocycles. The van der Waals surface area contributed by atoms with Crippen LogP contribution < -0.4 is 0 Å². The van der Waals surface area contributed by atoms with Crippen molar-refractivity contribution in [3.8, 4) is 0 Å². The van der Waals surface area contributed by atoms with Crippen molar-refractivity contribution >= 4 is 23.5 Å².